The second-order valence-electron chi connectivity index (χ2n) is 6.09. The van der Waals surface area contributed by atoms with Crippen LogP contribution in [-0.2, 0) is 6.54 Å². The van der Waals surface area contributed by atoms with E-state index in [1.807, 2.05) is 24.4 Å². The van der Waals surface area contributed by atoms with E-state index in [0.29, 0.717) is 29.1 Å². The summed E-state index contributed by atoms with van der Waals surface area (Å²) in [6.45, 7) is 2.76. The van der Waals surface area contributed by atoms with Crippen molar-refractivity contribution >= 4 is 27.5 Å². The zero-order valence-electron chi connectivity index (χ0n) is 14.6. The summed E-state index contributed by atoms with van der Waals surface area (Å²) in [5.41, 5.74) is 10.0. The van der Waals surface area contributed by atoms with Gasteiger partial charge in [-0.3, -0.25) is 0 Å². The number of hydrogen-bond donors (Lipinski definition) is 2. The number of pyridine rings is 1. The maximum Gasteiger partial charge on any atom is 0.316 e. The molecule has 0 amide bonds. The number of benzene rings is 1. The predicted molar refractivity (Wildman–Crippen MR) is 101 cm³/mol. The van der Waals surface area contributed by atoms with Crippen LogP contribution in [0.3, 0.4) is 0 Å². The molecule has 7 nitrogen and oxygen atoms in total. The maximum atomic E-state index is 10.5. The second kappa shape index (κ2) is 6.18. The van der Waals surface area contributed by atoms with E-state index in [1.165, 1.54) is 7.11 Å². The maximum absolute atomic E-state index is 10.5. The van der Waals surface area contributed by atoms with Gasteiger partial charge >= 0.3 is 6.01 Å². The van der Waals surface area contributed by atoms with Crippen molar-refractivity contribution in [3.05, 3.63) is 36.8 Å². The Bertz CT molecular complexity index is 1100. The average Bonchev–Trinajstić information content (AvgIpc) is 2.98. The number of hydrogen-bond acceptors (Lipinski definition) is 6. The molecule has 0 radical (unpaired) electrons. The first kappa shape index (κ1) is 16.1. The van der Waals surface area contributed by atoms with Gasteiger partial charge in [-0.15, -0.1) is 0 Å². The van der Waals surface area contributed by atoms with Gasteiger partial charge in [0.05, 0.1) is 29.2 Å². The number of nitrogen functional groups attached to an aromatic ring is 1. The number of ether oxygens (including phenoxy) is 1. The first-order valence-corrected chi connectivity index (χ1v) is 8.40. The summed E-state index contributed by atoms with van der Waals surface area (Å²) in [5, 5.41) is 11.9. The molecule has 0 spiro atoms. The average molecular weight is 349 g/mol. The third-order valence-electron chi connectivity index (χ3n) is 4.44. The highest BCUT2D eigenvalue weighted by Crippen LogP contribution is 2.38. The van der Waals surface area contributed by atoms with E-state index in [0.717, 1.165) is 28.5 Å². The van der Waals surface area contributed by atoms with Gasteiger partial charge in [-0.2, -0.15) is 0 Å². The van der Waals surface area contributed by atoms with Crippen LogP contribution in [0.5, 0.6) is 11.9 Å². The molecule has 7 heteroatoms. The lowest BCUT2D eigenvalue weighted by Gasteiger charge is -2.09. The fraction of sp³-hybridized carbons (Fsp3) is 0.211. The van der Waals surface area contributed by atoms with Gasteiger partial charge in [-0.1, -0.05) is 25.1 Å². The minimum Gasteiger partial charge on any atom is -0.494 e. The van der Waals surface area contributed by atoms with E-state index < -0.39 is 0 Å². The van der Waals surface area contributed by atoms with E-state index in [4.69, 9.17) is 15.5 Å². The van der Waals surface area contributed by atoms with Gasteiger partial charge in [0.15, 0.2) is 0 Å². The molecule has 0 atom stereocenters. The molecule has 0 unspecified atom stereocenters. The molecular formula is C19H19N5O2. The Morgan fingerprint density at radius 2 is 2.00 bits per heavy atom. The van der Waals surface area contributed by atoms with Gasteiger partial charge in [0.2, 0.25) is 5.88 Å². The summed E-state index contributed by atoms with van der Waals surface area (Å²) in [6, 6.07) is 6.08. The van der Waals surface area contributed by atoms with Crippen LogP contribution in [0.4, 0.5) is 5.69 Å². The van der Waals surface area contributed by atoms with E-state index >= 15 is 0 Å². The van der Waals surface area contributed by atoms with Gasteiger partial charge < -0.3 is 20.1 Å². The molecular weight excluding hydrogens is 330 g/mol. The molecule has 1 aromatic carbocycles. The third-order valence-corrected chi connectivity index (χ3v) is 4.44. The highest BCUT2D eigenvalue weighted by molar-refractivity contribution is 6.12. The molecule has 0 saturated heterocycles. The first-order chi connectivity index (χ1) is 12.6. The smallest absolute Gasteiger partial charge is 0.316 e. The molecule has 3 N–H and O–H groups in total. The van der Waals surface area contributed by atoms with Crippen LogP contribution >= 0.6 is 0 Å². The number of rotatable bonds is 4. The molecule has 0 aliphatic rings. The minimum atomic E-state index is 0.159. The summed E-state index contributed by atoms with van der Waals surface area (Å²) in [5.74, 6) is 0.159. The molecule has 26 heavy (non-hydrogen) atoms. The number of fused-ring (bicyclic) bond motifs is 2. The molecule has 0 aliphatic heterocycles. The van der Waals surface area contributed by atoms with Crippen LogP contribution in [0.25, 0.3) is 32.9 Å². The van der Waals surface area contributed by atoms with Gasteiger partial charge in [0.1, 0.15) is 0 Å². The Hall–Kier alpha value is -3.35. The minimum absolute atomic E-state index is 0.159. The lowest BCUT2D eigenvalue weighted by molar-refractivity contribution is 0.380. The lowest BCUT2D eigenvalue weighted by atomic mass is 10.0. The van der Waals surface area contributed by atoms with Crippen molar-refractivity contribution in [3.8, 4) is 23.0 Å². The largest absolute Gasteiger partial charge is 0.494 e. The molecule has 132 valence electrons. The summed E-state index contributed by atoms with van der Waals surface area (Å²) < 4.78 is 6.80. The second-order valence-corrected chi connectivity index (χ2v) is 6.09. The van der Waals surface area contributed by atoms with Crippen LogP contribution in [0.2, 0.25) is 0 Å². The zero-order valence-corrected chi connectivity index (χ0v) is 14.6. The van der Waals surface area contributed by atoms with Crippen LogP contribution in [-0.4, -0.2) is 31.7 Å². The van der Waals surface area contributed by atoms with E-state index in [9.17, 15) is 5.11 Å². The molecule has 3 heterocycles. The van der Waals surface area contributed by atoms with Crippen molar-refractivity contribution in [2.24, 2.45) is 0 Å². The van der Waals surface area contributed by atoms with Crippen LogP contribution < -0.4 is 10.5 Å². The fourth-order valence-corrected chi connectivity index (χ4v) is 3.22. The zero-order chi connectivity index (χ0) is 18.3. The van der Waals surface area contributed by atoms with Crippen molar-refractivity contribution in [1.29, 1.82) is 0 Å². The van der Waals surface area contributed by atoms with Gasteiger partial charge in [0, 0.05) is 41.6 Å². The number of aromatic hydroxyl groups is 1. The van der Waals surface area contributed by atoms with Gasteiger partial charge in [0.25, 0.3) is 0 Å². The summed E-state index contributed by atoms with van der Waals surface area (Å²) in [6.07, 6.45) is 6.14. The van der Waals surface area contributed by atoms with E-state index in [-0.39, 0.29) is 5.88 Å². The lowest BCUT2D eigenvalue weighted by Crippen LogP contribution is -1.95. The monoisotopic (exact) mass is 349 g/mol. The number of para-hydroxylation sites is 1. The molecule has 0 aliphatic carbocycles. The highest BCUT2D eigenvalue weighted by atomic mass is 16.5. The SMILES string of the molecule is CCCn1cc2nc3c(-c4cnc(OC)nc4)cccc3c(N)c2c1O. The molecule has 4 rings (SSSR count). The number of nitrogens with zero attached hydrogens (tertiary/aromatic N) is 4. The molecule has 0 bridgehead atoms. The molecule has 4 aromatic rings. The standard InChI is InChI=1S/C19H19N5O2/c1-3-7-24-10-14-15(18(24)25)16(20)13-6-4-5-12(17(13)23-14)11-8-21-19(26-2)22-9-11/h4-6,8-10,25H,3,7,20H2,1-2H3. The summed E-state index contributed by atoms with van der Waals surface area (Å²) >= 11 is 0. The number of nitrogens with two attached hydrogens (primary N) is 1. The van der Waals surface area contributed by atoms with E-state index in [2.05, 4.69) is 16.9 Å². The van der Waals surface area contributed by atoms with Crippen LogP contribution in [0.15, 0.2) is 36.8 Å². The Labute approximate surface area is 150 Å². The van der Waals surface area contributed by atoms with Crippen molar-refractivity contribution in [1.82, 2.24) is 19.5 Å². The Morgan fingerprint density at radius 1 is 1.23 bits per heavy atom. The van der Waals surface area contributed by atoms with Crippen molar-refractivity contribution in [2.45, 2.75) is 19.9 Å². The Morgan fingerprint density at radius 3 is 2.69 bits per heavy atom. The van der Waals surface area contributed by atoms with Crippen molar-refractivity contribution in [2.75, 3.05) is 12.8 Å². The number of aromatic nitrogens is 4. The summed E-state index contributed by atoms with van der Waals surface area (Å²) in [4.78, 5) is 13.1. The fourth-order valence-electron chi connectivity index (χ4n) is 3.22. The number of aryl methyl sites for hydroxylation is 1. The van der Waals surface area contributed by atoms with Gasteiger partial charge in [-0.05, 0) is 6.42 Å². The van der Waals surface area contributed by atoms with Crippen molar-refractivity contribution < 1.29 is 9.84 Å². The number of methoxy groups -OCH3 is 1. The first-order valence-electron chi connectivity index (χ1n) is 8.40. The van der Waals surface area contributed by atoms with Crippen LogP contribution in [0, 0.1) is 0 Å². The molecule has 0 fully saturated rings. The Kier molecular flexibility index (Phi) is 3.84. The molecule has 3 aromatic heterocycles. The highest BCUT2D eigenvalue weighted by Gasteiger charge is 2.17. The van der Waals surface area contributed by atoms with Gasteiger partial charge in [-0.25, -0.2) is 15.0 Å². The molecule has 0 saturated carbocycles. The normalized spacial score (nSPS) is 11.3. The van der Waals surface area contributed by atoms with Crippen LogP contribution in [0.1, 0.15) is 13.3 Å². The quantitative estimate of drug-likeness (QED) is 0.586. The van der Waals surface area contributed by atoms with E-state index in [1.54, 1.807) is 17.0 Å². The third kappa shape index (κ3) is 2.40. The van der Waals surface area contributed by atoms with Crippen molar-refractivity contribution in [3.63, 3.8) is 0 Å². The predicted octanol–water partition coefficient (Wildman–Crippen LogP) is 3.35. The topological polar surface area (TPSA) is 99.1 Å². The summed E-state index contributed by atoms with van der Waals surface area (Å²) in [7, 11) is 1.53. The Balaban J connectivity index is 1.99. The number of anilines is 1.